The average Bonchev–Trinajstić information content (AvgIpc) is 1.85. The first-order chi connectivity index (χ1) is 5.18. The maximum atomic E-state index is 3.35. The van der Waals surface area contributed by atoms with E-state index in [9.17, 15) is 0 Å². The molecule has 0 atom stereocenters. The van der Waals surface area contributed by atoms with Crippen LogP contribution in [0.4, 0.5) is 5.69 Å². The minimum atomic E-state index is 0. The van der Waals surface area contributed by atoms with Crippen LogP contribution >= 0.6 is 12.4 Å². The molecule has 0 aliphatic rings. The van der Waals surface area contributed by atoms with E-state index in [1.807, 2.05) is 0 Å². The van der Waals surface area contributed by atoms with Crippen molar-refractivity contribution in [3.05, 3.63) is 29.8 Å². The zero-order chi connectivity index (χ0) is 8.27. The van der Waals surface area contributed by atoms with Crippen LogP contribution in [0.15, 0.2) is 24.3 Å². The van der Waals surface area contributed by atoms with Gasteiger partial charge in [-0.05, 0) is 38.5 Å². The largest absolute Gasteiger partial charge is 0.383 e. The molecule has 0 unspecified atom stereocenters. The van der Waals surface area contributed by atoms with Gasteiger partial charge in [0.2, 0.25) is 0 Å². The van der Waals surface area contributed by atoms with Gasteiger partial charge in [0.15, 0.2) is 0 Å². The Morgan fingerprint density at radius 1 is 1.25 bits per heavy atom. The summed E-state index contributed by atoms with van der Waals surface area (Å²) >= 11 is 0. The summed E-state index contributed by atoms with van der Waals surface area (Å²) in [6.45, 7) is 6.39. The van der Waals surface area contributed by atoms with Crippen molar-refractivity contribution in [3.8, 4) is 0 Å². The molecule has 1 aromatic rings. The number of anilines is 1. The van der Waals surface area contributed by atoms with Gasteiger partial charge in [-0.1, -0.05) is 12.1 Å². The van der Waals surface area contributed by atoms with E-state index in [1.54, 1.807) is 0 Å². The smallest absolute Gasteiger partial charge is 0.0344 e. The summed E-state index contributed by atoms with van der Waals surface area (Å²) in [6.07, 6.45) is 0. The molecule has 1 nitrogen and oxygen atoms in total. The molecule has 0 saturated carbocycles. The highest BCUT2D eigenvalue weighted by Gasteiger charge is 1.93. The lowest BCUT2D eigenvalue weighted by molar-refractivity contribution is 0.899. The number of hydrogen-bond acceptors (Lipinski definition) is 1. The van der Waals surface area contributed by atoms with E-state index in [1.165, 1.54) is 11.3 Å². The molecule has 12 heavy (non-hydrogen) atoms. The fraction of sp³-hybridized carbons (Fsp3) is 0.400. The third kappa shape index (κ3) is 3.63. The monoisotopic (exact) mass is 185 g/mol. The summed E-state index contributed by atoms with van der Waals surface area (Å²) in [6, 6.07) is 8.93. The van der Waals surface area contributed by atoms with E-state index >= 15 is 0 Å². The van der Waals surface area contributed by atoms with E-state index in [2.05, 4.69) is 50.4 Å². The third-order valence-electron chi connectivity index (χ3n) is 1.47. The summed E-state index contributed by atoms with van der Waals surface area (Å²) < 4.78 is 0. The van der Waals surface area contributed by atoms with Crippen LogP contribution in [0.5, 0.6) is 0 Å². The molecule has 0 aliphatic carbocycles. The second kappa shape index (κ2) is 5.04. The number of hydrogen-bond donors (Lipinski definition) is 1. The average molecular weight is 186 g/mol. The minimum Gasteiger partial charge on any atom is -0.383 e. The van der Waals surface area contributed by atoms with Crippen molar-refractivity contribution in [2.75, 3.05) is 5.32 Å². The van der Waals surface area contributed by atoms with Crippen molar-refractivity contribution >= 4 is 18.1 Å². The molecule has 68 valence electrons. The zero-order valence-corrected chi connectivity index (χ0v) is 8.61. The Bertz CT molecular complexity index is 233. The molecule has 0 saturated heterocycles. The fourth-order valence-electron chi connectivity index (χ4n) is 1.07. The second-order valence-electron chi connectivity index (χ2n) is 3.17. The molecule has 0 bridgehead atoms. The number of benzene rings is 1. The van der Waals surface area contributed by atoms with Crippen molar-refractivity contribution < 1.29 is 0 Å². The van der Waals surface area contributed by atoms with Crippen molar-refractivity contribution in [3.63, 3.8) is 0 Å². The topological polar surface area (TPSA) is 12.0 Å². The van der Waals surface area contributed by atoms with Gasteiger partial charge in [0, 0.05) is 11.7 Å². The maximum absolute atomic E-state index is 3.35. The molecule has 1 aromatic carbocycles. The highest BCUT2D eigenvalue weighted by atomic mass is 35.5. The summed E-state index contributed by atoms with van der Waals surface area (Å²) in [5.41, 5.74) is 2.51. The van der Waals surface area contributed by atoms with Crippen molar-refractivity contribution in [2.45, 2.75) is 26.8 Å². The Hall–Kier alpha value is -0.690. The highest BCUT2D eigenvalue weighted by molar-refractivity contribution is 5.85. The summed E-state index contributed by atoms with van der Waals surface area (Å²) in [5, 5.41) is 3.35. The maximum Gasteiger partial charge on any atom is 0.0344 e. The molecule has 0 aliphatic heterocycles. The molecular weight excluding hydrogens is 170 g/mol. The Kier molecular flexibility index (Phi) is 4.75. The molecule has 2 heteroatoms. The van der Waals surface area contributed by atoms with Crippen molar-refractivity contribution in [1.82, 2.24) is 0 Å². The first kappa shape index (κ1) is 11.3. The molecule has 0 fully saturated rings. The molecular formula is C10H16ClN. The summed E-state index contributed by atoms with van der Waals surface area (Å²) in [7, 11) is 0. The van der Waals surface area contributed by atoms with Gasteiger partial charge in [-0.2, -0.15) is 0 Å². The van der Waals surface area contributed by atoms with Crippen LogP contribution in [0, 0.1) is 6.92 Å². The normalized spacial score (nSPS) is 9.33. The van der Waals surface area contributed by atoms with Crippen molar-refractivity contribution in [1.29, 1.82) is 0 Å². The van der Waals surface area contributed by atoms with E-state index in [-0.39, 0.29) is 12.4 Å². The van der Waals surface area contributed by atoms with Crippen molar-refractivity contribution in [2.24, 2.45) is 0 Å². The van der Waals surface area contributed by atoms with Gasteiger partial charge in [-0.25, -0.2) is 0 Å². The number of rotatable bonds is 2. The highest BCUT2D eigenvalue weighted by Crippen LogP contribution is 2.10. The van der Waals surface area contributed by atoms with Gasteiger partial charge < -0.3 is 5.32 Å². The lowest BCUT2D eigenvalue weighted by Crippen LogP contribution is -2.09. The van der Waals surface area contributed by atoms with Gasteiger partial charge >= 0.3 is 0 Å². The number of aryl methyl sites for hydroxylation is 1. The molecule has 0 aromatic heterocycles. The van der Waals surface area contributed by atoms with Crippen LogP contribution in [-0.4, -0.2) is 6.04 Å². The molecule has 0 heterocycles. The Morgan fingerprint density at radius 2 is 1.92 bits per heavy atom. The van der Waals surface area contributed by atoms with Crippen LogP contribution in [0.25, 0.3) is 0 Å². The predicted octanol–water partition coefficient (Wildman–Crippen LogP) is 3.24. The number of halogens is 1. The zero-order valence-electron chi connectivity index (χ0n) is 7.79. The fourth-order valence-corrected chi connectivity index (χ4v) is 1.07. The van der Waals surface area contributed by atoms with Gasteiger partial charge in [-0.15, -0.1) is 12.4 Å². The van der Waals surface area contributed by atoms with Gasteiger partial charge in [0.25, 0.3) is 0 Å². The van der Waals surface area contributed by atoms with Gasteiger partial charge in [-0.3, -0.25) is 0 Å². The first-order valence-electron chi connectivity index (χ1n) is 4.01. The van der Waals surface area contributed by atoms with E-state index < -0.39 is 0 Å². The quantitative estimate of drug-likeness (QED) is 0.746. The predicted molar refractivity (Wildman–Crippen MR) is 57.2 cm³/mol. The van der Waals surface area contributed by atoms with E-state index in [0.29, 0.717) is 6.04 Å². The third-order valence-corrected chi connectivity index (χ3v) is 1.47. The Morgan fingerprint density at radius 3 is 2.42 bits per heavy atom. The second-order valence-corrected chi connectivity index (χ2v) is 3.17. The van der Waals surface area contributed by atoms with Crippen LogP contribution in [0.2, 0.25) is 0 Å². The SMILES string of the molecule is Cc1cccc(NC(C)C)c1.Cl. The standard InChI is InChI=1S/C10H15N.ClH/c1-8(2)11-10-6-4-5-9(3)7-10;/h4-8,11H,1-3H3;1H. The van der Waals surface area contributed by atoms with Crippen LogP contribution in [-0.2, 0) is 0 Å². The molecule has 1 N–H and O–H groups in total. The minimum absolute atomic E-state index is 0. The lowest BCUT2D eigenvalue weighted by atomic mass is 10.2. The summed E-state index contributed by atoms with van der Waals surface area (Å²) in [4.78, 5) is 0. The Balaban J connectivity index is 0.00000121. The Labute approximate surface area is 80.6 Å². The van der Waals surface area contributed by atoms with Crippen LogP contribution in [0.1, 0.15) is 19.4 Å². The molecule has 1 rings (SSSR count). The summed E-state index contributed by atoms with van der Waals surface area (Å²) in [5.74, 6) is 0. The number of nitrogens with one attached hydrogen (secondary N) is 1. The van der Waals surface area contributed by atoms with Gasteiger partial charge in [0.1, 0.15) is 0 Å². The van der Waals surface area contributed by atoms with Crippen LogP contribution < -0.4 is 5.32 Å². The molecule has 0 amide bonds. The van der Waals surface area contributed by atoms with E-state index in [4.69, 9.17) is 0 Å². The lowest BCUT2D eigenvalue weighted by Gasteiger charge is -2.09. The molecule has 0 radical (unpaired) electrons. The van der Waals surface area contributed by atoms with Gasteiger partial charge in [0.05, 0.1) is 0 Å². The molecule has 0 spiro atoms. The first-order valence-corrected chi connectivity index (χ1v) is 4.01. The van der Waals surface area contributed by atoms with Crippen LogP contribution in [0.3, 0.4) is 0 Å². The van der Waals surface area contributed by atoms with E-state index in [0.717, 1.165) is 0 Å².